The molecule has 2 heteroatoms. The minimum absolute atomic E-state index is 0.118. The summed E-state index contributed by atoms with van der Waals surface area (Å²) < 4.78 is 0. The van der Waals surface area contributed by atoms with E-state index < -0.39 is 0 Å². The van der Waals surface area contributed by atoms with E-state index in [-0.39, 0.29) is 11.8 Å². The summed E-state index contributed by atoms with van der Waals surface area (Å²) >= 11 is 0. The van der Waals surface area contributed by atoms with Crippen molar-refractivity contribution < 1.29 is 4.79 Å². The number of nitrogens with one attached hydrogen (secondary N) is 1. The summed E-state index contributed by atoms with van der Waals surface area (Å²) in [5, 5.41) is 2.76. The van der Waals surface area contributed by atoms with Crippen molar-refractivity contribution in [2.45, 2.75) is 32.6 Å². The van der Waals surface area contributed by atoms with Crippen molar-refractivity contribution >= 4 is 5.91 Å². The van der Waals surface area contributed by atoms with E-state index in [2.05, 4.69) is 24.4 Å². The quantitative estimate of drug-likeness (QED) is 0.783. The van der Waals surface area contributed by atoms with Crippen LogP contribution in [0.5, 0.6) is 0 Å². The molecule has 2 nitrogen and oxygen atoms in total. The molecule has 0 saturated heterocycles. The fourth-order valence-corrected chi connectivity index (χ4v) is 1.88. The lowest BCUT2D eigenvalue weighted by atomic mass is 9.93. The number of unbranched alkanes of at least 4 members (excludes halogenated alkanes) is 1. The van der Waals surface area contributed by atoms with Gasteiger partial charge in [0.25, 0.3) is 0 Å². The van der Waals surface area contributed by atoms with Gasteiger partial charge in [0.2, 0.25) is 5.91 Å². The van der Waals surface area contributed by atoms with Gasteiger partial charge in [-0.3, -0.25) is 4.79 Å². The highest BCUT2D eigenvalue weighted by molar-refractivity contribution is 5.78. The van der Waals surface area contributed by atoms with Gasteiger partial charge in [0, 0.05) is 13.0 Å². The molecule has 0 aromatic heterocycles. The van der Waals surface area contributed by atoms with Crippen molar-refractivity contribution in [1.29, 1.82) is 0 Å². The van der Waals surface area contributed by atoms with E-state index in [1.165, 1.54) is 5.56 Å². The predicted octanol–water partition coefficient (Wildman–Crippen LogP) is 2.78. The van der Waals surface area contributed by atoms with Gasteiger partial charge in [0.15, 0.2) is 0 Å². The Morgan fingerprint density at radius 3 is 2.56 bits per heavy atom. The number of rotatable bonds is 6. The first-order valence-corrected chi connectivity index (χ1v) is 6.03. The van der Waals surface area contributed by atoms with Gasteiger partial charge in [-0.25, -0.2) is 0 Å². The van der Waals surface area contributed by atoms with Crippen molar-refractivity contribution in [3.8, 4) is 0 Å². The van der Waals surface area contributed by atoms with Crippen LogP contribution in [0.4, 0.5) is 0 Å². The van der Waals surface area contributed by atoms with Crippen LogP contribution in [0.25, 0.3) is 0 Å². The van der Waals surface area contributed by atoms with Crippen LogP contribution in [-0.4, -0.2) is 13.0 Å². The van der Waals surface area contributed by atoms with Crippen molar-refractivity contribution in [2.24, 2.45) is 5.92 Å². The number of carbonyl (C=O) groups excluding carboxylic acids is 1. The maximum atomic E-state index is 11.7. The molecule has 1 amide bonds. The van der Waals surface area contributed by atoms with E-state index >= 15 is 0 Å². The Morgan fingerprint density at radius 1 is 1.31 bits per heavy atom. The lowest BCUT2D eigenvalue weighted by Gasteiger charge is -2.14. The third-order valence-corrected chi connectivity index (χ3v) is 2.85. The van der Waals surface area contributed by atoms with Gasteiger partial charge < -0.3 is 5.32 Å². The molecule has 16 heavy (non-hydrogen) atoms. The number of hydrogen-bond acceptors (Lipinski definition) is 1. The van der Waals surface area contributed by atoms with Crippen LogP contribution in [0.3, 0.4) is 0 Å². The molecule has 0 bridgehead atoms. The Hall–Kier alpha value is -1.31. The molecule has 1 atom stereocenters. The van der Waals surface area contributed by atoms with Crippen molar-refractivity contribution in [2.75, 3.05) is 7.05 Å². The second kappa shape index (κ2) is 7.04. The van der Waals surface area contributed by atoms with Crippen LogP contribution in [-0.2, 0) is 11.2 Å². The summed E-state index contributed by atoms with van der Waals surface area (Å²) in [4.78, 5) is 11.7. The largest absolute Gasteiger partial charge is 0.359 e. The number of benzene rings is 1. The predicted molar refractivity (Wildman–Crippen MR) is 67.2 cm³/mol. The molecule has 0 heterocycles. The van der Waals surface area contributed by atoms with Crippen molar-refractivity contribution in [3.05, 3.63) is 35.9 Å². The van der Waals surface area contributed by atoms with E-state index in [1.54, 1.807) is 7.05 Å². The molecule has 0 spiro atoms. The van der Waals surface area contributed by atoms with Crippen LogP contribution >= 0.6 is 0 Å². The van der Waals surface area contributed by atoms with Crippen LogP contribution in [0, 0.1) is 5.92 Å². The van der Waals surface area contributed by atoms with Crippen LogP contribution in [0.15, 0.2) is 30.3 Å². The average Bonchev–Trinajstić information content (AvgIpc) is 2.34. The van der Waals surface area contributed by atoms with Gasteiger partial charge in [-0.2, -0.15) is 0 Å². The fourth-order valence-electron chi connectivity index (χ4n) is 1.88. The van der Waals surface area contributed by atoms with Gasteiger partial charge in [-0.1, -0.05) is 50.1 Å². The van der Waals surface area contributed by atoms with Crippen molar-refractivity contribution in [1.82, 2.24) is 5.32 Å². The number of hydrogen-bond donors (Lipinski definition) is 1. The highest BCUT2D eigenvalue weighted by Crippen LogP contribution is 2.15. The first kappa shape index (κ1) is 12.8. The Bertz CT molecular complexity index is 308. The lowest BCUT2D eigenvalue weighted by Crippen LogP contribution is -2.28. The number of carbonyl (C=O) groups is 1. The molecule has 0 saturated carbocycles. The zero-order valence-electron chi connectivity index (χ0n) is 10.2. The summed E-state index contributed by atoms with van der Waals surface area (Å²) in [6.45, 7) is 2.16. The minimum atomic E-state index is 0.118. The third-order valence-electron chi connectivity index (χ3n) is 2.85. The Balaban J connectivity index is 2.59. The fraction of sp³-hybridized carbons (Fsp3) is 0.500. The highest BCUT2D eigenvalue weighted by atomic mass is 16.1. The van der Waals surface area contributed by atoms with Crippen molar-refractivity contribution in [3.63, 3.8) is 0 Å². The van der Waals surface area contributed by atoms with E-state index in [9.17, 15) is 4.79 Å². The zero-order chi connectivity index (χ0) is 11.8. The summed E-state index contributed by atoms with van der Waals surface area (Å²) in [6.07, 6.45) is 4.08. The maximum absolute atomic E-state index is 11.7. The molecular formula is C14H21NO. The van der Waals surface area contributed by atoms with E-state index in [4.69, 9.17) is 0 Å². The average molecular weight is 219 g/mol. The summed E-state index contributed by atoms with van der Waals surface area (Å²) in [5.41, 5.74) is 1.24. The molecule has 0 aliphatic rings. The molecule has 1 rings (SSSR count). The minimum Gasteiger partial charge on any atom is -0.359 e. The van der Waals surface area contributed by atoms with E-state index in [0.29, 0.717) is 0 Å². The van der Waals surface area contributed by atoms with E-state index in [0.717, 1.165) is 25.7 Å². The molecule has 1 N–H and O–H groups in total. The third kappa shape index (κ3) is 4.05. The summed E-state index contributed by atoms with van der Waals surface area (Å²) in [7, 11) is 1.71. The molecule has 1 aromatic carbocycles. The zero-order valence-corrected chi connectivity index (χ0v) is 10.2. The topological polar surface area (TPSA) is 29.1 Å². The first-order valence-electron chi connectivity index (χ1n) is 6.03. The van der Waals surface area contributed by atoms with E-state index in [1.807, 2.05) is 18.2 Å². The Kier molecular flexibility index (Phi) is 5.62. The van der Waals surface area contributed by atoms with Gasteiger partial charge in [0.1, 0.15) is 0 Å². The second-order valence-corrected chi connectivity index (χ2v) is 4.14. The molecule has 0 aliphatic heterocycles. The Morgan fingerprint density at radius 2 is 2.00 bits per heavy atom. The highest BCUT2D eigenvalue weighted by Gasteiger charge is 2.16. The molecule has 0 radical (unpaired) electrons. The number of amides is 1. The Labute approximate surface area is 98.1 Å². The van der Waals surface area contributed by atoms with Crippen LogP contribution in [0.2, 0.25) is 0 Å². The summed E-state index contributed by atoms with van der Waals surface area (Å²) in [6, 6.07) is 10.2. The van der Waals surface area contributed by atoms with Gasteiger partial charge >= 0.3 is 0 Å². The second-order valence-electron chi connectivity index (χ2n) is 4.14. The van der Waals surface area contributed by atoms with Gasteiger partial charge in [0.05, 0.1) is 0 Å². The molecule has 1 aromatic rings. The SMILES string of the molecule is CCCCC(Cc1ccccc1)C(=O)NC. The standard InChI is InChI=1S/C14H21NO/c1-3-4-10-13(14(16)15-2)11-12-8-6-5-7-9-12/h5-9,13H,3-4,10-11H2,1-2H3,(H,15,16). The van der Waals surface area contributed by atoms with Gasteiger partial charge in [-0.05, 0) is 18.4 Å². The monoisotopic (exact) mass is 219 g/mol. The van der Waals surface area contributed by atoms with Crippen LogP contribution in [0.1, 0.15) is 31.7 Å². The smallest absolute Gasteiger partial charge is 0.223 e. The summed E-state index contributed by atoms with van der Waals surface area (Å²) in [5.74, 6) is 0.282. The normalized spacial score (nSPS) is 12.1. The van der Waals surface area contributed by atoms with Gasteiger partial charge in [-0.15, -0.1) is 0 Å². The molecule has 0 fully saturated rings. The molecule has 1 unspecified atom stereocenters. The molecular weight excluding hydrogens is 198 g/mol. The molecule has 0 aliphatic carbocycles. The maximum Gasteiger partial charge on any atom is 0.223 e. The lowest BCUT2D eigenvalue weighted by molar-refractivity contribution is -0.124. The van der Waals surface area contributed by atoms with Crippen LogP contribution < -0.4 is 5.32 Å². The molecule has 88 valence electrons. The first-order chi connectivity index (χ1) is 7.77.